The number of rotatable bonds is 7. The number of aromatic nitrogens is 1. The first-order valence-electron chi connectivity index (χ1n) is 7.85. The van der Waals surface area contributed by atoms with Crippen LogP contribution in [0.4, 0.5) is 0 Å². The third-order valence-electron chi connectivity index (χ3n) is 4.00. The zero-order valence-electron chi connectivity index (χ0n) is 13.2. The summed E-state index contributed by atoms with van der Waals surface area (Å²) in [5.41, 5.74) is -0.132. The highest BCUT2D eigenvalue weighted by molar-refractivity contribution is 5.76. The Bertz CT molecular complexity index is 521. The Morgan fingerprint density at radius 3 is 2.64 bits per heavy atom. The summed E-state index contributed by atoms with van der Waals surface area (Å²) in [5, 5.41) is 0. The Labute approximate surface area is 131 Å². The van der Waals surface area contributed by atoms with Gasteiger partial charge >= 0.3 is 0 Å². The lowest BCUT2D eigenvalue weighted by molar-refractivity contribution is -0.133. The number of hydrogen-bond acceptors (Lipinski definition) is 4. The molecule has 0 aromatic carbocycles. The van der Waals surface area contributed by atoms with Crippen molar-refractivity contribution in [1.29, 1.82) is 0 Å². The van der Waals surface area contributed by atoms with E-state index in [1.165, 1.54) is 10.6 Å². The maximum atomic E-state index is 12.3. The zero-order chi connectivity index (χ0) is 15.8. The van der Waals surface area contributed by atoms with Gasteiger partial charge in [-0.3, -0.25) is 14.5 Å². The molecule has 0 saturated carbocycles. The molecule has 0 spiro atoms. The Kier molecular flexibility index (Phi) is 6.61. The van der Waals surface area contributed by atoms with Crippen molar-refractivity contribution in [3.63, 3.8) is 0 Å². The van der Waals surface area contributed by atoms with E-state index in [1.54, 1.807) is 25.4 Å². The molecule has 0 N–H and O–H groups in total. The van der Waals surface area contributed by atoms with Crippen LogP contribution >= 0.6 is 0 Å². The summed E-state index contributed by atoms with van der Waals surface area (Å²) in [5.74, 6) is 0.0207. The average Bonchev–Trinajstić information content (AvgIpc) is 2.54. The standard InChI is InChI=1S/C16H25N3O3/c1-22-13-5-4-7-17-9-11-18(12-10-17)16(21)14-19-8-3-2-6-15(19)20/h2-3,6,8H,4-5,7,9-14H2,1H3. The smallest absolute Gasteiger partial charge is 0.250 e. The minimum absolute atomic E-state index is 0.0207. The maximum absolute atomic E-state index is 12.3. The number of unbranched alkanes of at least 4 members (excludes halogenated alkanes) is 1. The Morgan fingerprint density at radius 2 is 1.95 bits per heavy atom. The van der Waals surface area contributed by atoms with E-state index < -0.39 is 0 Å². The van der Waals surface area contributed by atoms with Crippen LogP contribution in [0.5, 0.6) is 0 Å². The summed E-state index contributed by atoms with van der Waals surface area (Å²) in [6.45, 7) is 5.29. The van der Waals surface area contributed by atoms with E-state index in [1.807, 2.05) is 4.90 Å². The molecule has 1 aliphatic rings. The number of carbonyl (C=O) groups excluding carboxylic acids is 1. The fourth-order valence-corrected chi connectivity index (χ4v) is 2.64. The predicted molar refractivity (Wildman–Crippen MR) is 84.8 cm³/mol. The number of hydrogen-bond donors (Lipinski definition) is 0. The van der Waals surface area contributed by atoms with Crippen LogP contribution in [0.25, 0.3) is 0 Å². The third-order valence-corrected chi connectivity index (χ3v) is 4.00. The van der Waals surface area contributed by atoms with Crippen molar-refractivity contribution in [3.05, 3.63) is 34.7 Å². The van der Waals surface area contributed by atoms with Crippen LogP contribution in [0, 0.1) is 0 Å². The van der Waals surface area contributed by atoms with Crippen molar-refractivity contribution in [1.82, 2.24) is 14.4 Å². The van der Waals surface area contributed by atoms with E-state index in [9.17, 15) is 9.59 Å². The molecule has 2 heterocycles. The van der Waals surface area contributed by atoms with E-state index in [-0.39, 0.29) is 18.0 Å². The zero-order valence-corrected chi connectivity index (χ0v) is 13.2. The topological polar surface area (TPSA) is 54.8 Å². The molecule has 1 aliphatic heterocycles. The highest BCUT2D eigenvalue weighted by atomic mass is 16.5. The molecule has 0 bridgehead atoms. The average molecular weight is 307 g/mol. The van der Waals surface area contributed by atoms with Crippen LogP contribution in [-0.4, -0.2) is 66.7 Å². The van der Waals surface area contributed by atoms with E-state index in [0.717, 1.165) is 52.2 Å². The van der Waals surface area contributed by atoms with Crippen LogP contribution in [-0.2, 0) is 16.1 Å². The van der Waals surface area contributed by atoms with Gasteiger partial charge in [0.1, 0.15) is 6.54 Å². The van der Waals surface area contributed by atoms with Crippen molar-refractivity contribution in [2.24, 2.45) is 0 Å². The van der Waals surface area contributed by atoms with Gasteiger partial charge in [0, 0.05) is 52.2 Å². The van der Waals surface area contributed by atoms with Gasteiger partial charge in [-0.2, -0.15) is 0 Å². The lowest BCUT2D eigenvalue weighted by Crippen LogP contribution is -2.50. The van der Waals surface area contributed by atoms with E-state index in [0.29, 0.717) is 0 Å². The van der Waals surface area contributed by atoms with Gasteiger partial charge in [-0.25, -0.2) is 0 Å². The van der Waals surface area contributed by atoms with Gasteiger partial charge in [0.05, 0.1) is 0 Å². The van der Waals surface area contributed by atoms with Crippen LogP contribution in [0.2, 0.25) is 0 Å². The largest absolute Gasteiger partial charge is 0.385 e. The summed E-state index contributed by atoms with van der Waals surface area (Å²) >= 11 is 0. The molecule has 1 saturated heterocycles. The molecule has 1 fully saturated rings. The number of ether oxygens (including phenoxy) is 1. The van der Waals surface area contributed by atoms with E-state index in [4.69, 9.17) is 4.74 Å². The number of pyridine rings is 1. The van der Waals surface area contributed by atoms with Crippen molar-refractivity contribution in [2.45, 2.75) is 19.4 Å². The molecule has 1 aromatic heterocycles. The summed E-state index contributed by atoms with van der Waals surface area (Å²) in [4.78, 5) is 28.1. The monoisotopic (exact) mass is 307 g/mol. The summed E-state index contributed by atoms with van der Waals surface area (Å²) in [6.07, 6.45) is 3.86. The quantitative estimate of drug-likeness (QED) is 0.685. The van der Waals surface area contributed by atoms with Crippen LogP contribution in [0.3, 0.4) is 0 Å². The second kappa shape index (κ2) is 8.70. The molecule has 0 aliphatic carbocycles. The number of methoxy groups -OCH3 is 1. The molecular formula is C16H25N3O3. The second-order valence-electron chi connectivity index (χ2n) is 5.59. The van der Waals surface area contributed by atoms with Gasteiger partial charge in [0.25, 0.3) is 5.56 Å². The van der Waals surface area contributed by atoms with Gasteiger partial charge in [-0.15, -0.1) is 0 Å². The van der Waals surface area contributed by atoms with Crippen molar-refractivity contribution in [3.8, 4) is 0 Å². The van der Waals surface area contributed by atoms with Gasteiger partial charge in [0.15, 0.2) is 0 Å². The highest BCUT2D eigenvalue weighted by Gasteiger charge is 2.20. The number of nitrogens with zero attached hydrogens (tertiary/aromatic N) is 3. The molecule has 22 heavy (non-hydrogen) atoms. The lowest BCUT2D eigenvalue weighted by Gasteiger charge is -2.34. The first-order chi connectivity index (χ1) is 10.7. The maximum Gasteiger partial charge on any atom is 0.250 e. The molecule has 122 valence electrons. The lowest BCUT2D eigenvalue weighted by atomic mass is 10.2. The normalized spacial score (nSPS) is 16.0. The molecule has 1 aromatic rings. The van der Waals surface area contributed by atoms with Gasteiger partial charge < -0.3 is 14.2 Å². The molecule has 1 amide bonds. The summed E-state index contributed by atoms with van der Waals surface area (Å²) < 4.78 is 6.50. The molecule has 6 nitrogen and oxygen atoms in total. The van der Waals surface area contributed by atoms with Crippen molar-refractivity contribution >= 4 is 5.91 Å². The first-order valence-corrected chi connectivity index (χ1v) is 7.85. The van der Waals surface area contributed by atoms with Gasteiger partial charge in [0.2, 0.25) is 5.91 Å². The Balaban J connectivity index is 1.73. The predicted octanol–water partition coefficient (Wildman–Crippen LogP) is 0.419. The van der Waals surface area contributed by atoms with Crippen molar-refractivity contribution in [2.75, 3.05) is 46.4 Å². The molecule has 2 rings (SSSR count). The van der Waals surface area contributed by atoms with E-state index in [2.05, 4.69) is 4.90 Å². The molecule has 0 radical (unpaired) electrons. The van der Waals surface area contributed by atoms with Crippen LogP contribution in [0.1, 0.15) is 12.8 Å². The van der Waals surface area contributed by atoms with Crippen LogP contribution in [0.15, 0.2) is 29.2 Å². The fourth-order valence-electron chi connectivity index (χ4n) is 2.64. The van der Waals surface area contributed by atoms with Gasteiger partial charge in [-0.1, -0.05) is 6.07 Å². The number of piperazine rings is 1. The summed E-state index contributed by atoms with van der Waals surface area (Å²) in [7, 11) is 1.72. The Hall–Kier alpha value is -1.66. The number of amides is 1. The minimum Gasteiger partial charge on any atom is -0.385 e. The highest BCUT2D eigenvalue weighted by Crippen LogP contribution is 2.05. The van der Waals surface area contributed by atoms with E-state index >= 15 is 0 Å². The molecular weight excluding hydrogens is 282 g/mol. The minimum atomic E-state index is -0.132. The van der Waals surface area contributed by atoms with Crippen LogP contribution < -0.4 is 5.56 Å². The summed E-state index contributed by atoms with van der Waals surface area (Å²) in [6, 6.07) is 4.93. The second-order valence-corrected chi connectivity index (χ2v) is 5.59. The third kappa shape index (κ3) is 4.96. The molecule has 0 atom stereocenters. The van der Waals surface area contributed by atoms with Crippen molar-refractivity contribution < 1.29 is 9.53 Å². The SMILES string of the molecule is COCCCCN1CCN(C(=O)Cn2ccccc2=O)CC1. The Morgan fingerprint density at radius 1 is 1.18 bits per heavy atom. The molecule has 6 heteroatoms. The van der Waals surface area contributed by atoms with Gasteiger partial charge in [-0.05, 0) is 25.5 Å². The fraction of sp³-hybridized carbons (Fsp3) is 0.625. The number of carbonyl (C=O) groups is 1. The molecule has 0 unspecified atom stereocenters. The first kappa shape index (κ1) is 16.7.